The molecule has 0 aromatic carbocycles. The molecule has 0 bridgehead atoms. The second kappa shape index (κ2) is 4.28. The number of hydrogen-bond donors (Lipinski definition) is 2. The van der Waals surface area contributed by atoms with E-state index in [1.165, 1.54) is 0 Å². The number of β-amino-alcohol motifs (C(OH)–C–C–N with tert-alkyl or cyclic N) is 1. The van der Waals surface area contributed by atoms with Crippen LogP contribution in [0.5, 0.6) is 0 Å². The highest BCUT2D eigenvalue weighted by Gasteiger charge is 2.42. The zero-order valence-corrected chi connectivity index (χ0v) is 8.99. The van der Waals surface area contributed by atoms with Gasteiger partial charge in [0.05, 0.1) is 18.7 Å². The van der Waals surface area contributed by atoms with Gasteiger partial charge in [-0.15, -0.1) is 0 Å². The lowest BCUT2D eigenvalue weighted by Crippen LogP contribution is -2.64. The maximum atomic E-state index is 11.7. The van der Waals surface area contributed by atoms with Crippen LogP contribution in [0.3, 0.4) is 0 Å². The Morgan fingerprint density at radius 3 is 2.64 bits per heavy atom. The summed E-state index contributed by atoms with van der Waals surface area (Å²) >= 11 is 0. The van der Waals surface area contributed by atoms with Crippen molar-refractivity contribution in [3.8, 4) is 0 Å². The average molecular weight is 200 g/mol. The predicted molar refractivity (Wildman–Crippen MR) is 54.7 cm³/mol. The van der Waals surface area contributed by atoms with Crippen molar-refractivity contribution in [1.82, 2.24) is 4.90 Å². The summed E-state index contributed by atoms with van der Waals surface area (Å²) in [5, 5.41) is 9.73. The van der Waals surface area contributed by atoms with Gasteiger partial charge in [0.25, 0.3) is 0 Å². The Labute approximate surface area is 85.1 Å². The molecule has 1 fully saturated rings. The molecule has 1 rings (SSSR count). The zero-order chi connectivity index (χ0) is 10.8. The standard InChI is InChI=1S/C10H20N2O2/c1-3-10(14)6-12(7-10)9(13)8(2)4-5-11/h8,14H,3-7,11H2,1-2H3. The third-order valence-electron chi connectivity index (χ3n) is 2.96. The van der Waals surface area contributed by atoms with E-state index in [0.29, 0.717) is 26.1 Å². The van der Waals surface area contributed by atoms with Crippen molar-refractivity contribution in [2.45, 2.75) is 32.3 Å². The molecule has 1 unspecified atom stereocenters. The van der Waals surface area contributed by atoms with Crippen molar-refractivity contribution in [1.29, 1.82) is 0 Å². The summed E-state index contributed by atoms with van der Waals surface area (Å²) in [6.45, 7) is 5.33. The van der Waals surface area contributed by atoms with Gasteiger partial charge in [-0.05, 0) is 19.4 Å². The van der Waals surface area contributed by atoms with E-state index in [4.69, 9.17) is 5.73 Å². The molecule has 3 N–H and O–H groups in total. The first kappa shape index (κ1) is 11.5. The molecular weight excluding hydrogens is 180 g/mol. The molecule has 0 aromatic rings. The second-order valence-electron chi connectivity index (χ2n) is 4.25. The number of carbonyl (C=O) groups excluding carboxylic acids is 1. The highest BCUT2D eigenvalue weighted by Crippen LogP contribution is 2.25. The second-order valence-corrected chi connectivity index (χ2v) is 4.25. The molecule has 0 saturated carbocycles. The van der Waals surface area contributed by atoms with E-state index in [1.807, 2.05) is 13.8 Å². The van der Waals surface area contributed by atoms with Crippen LogP contribution in [0.4, 0.5) is 0 Å². The molecule has 4 nitrogen and oxygen atoms in total. The molecular formula is C10H20N2O2. The van der Waals surface area contributed by atoms with Crippen LogP contribution in [0.2, 0.25) is 0 Å². The number of rotatable bonds is 4. The Morgan fingerprint density at radius 2 is 2.21 bits per heavy atom. The minimum atomic E-state index is -0.627. The van der Waals surface area contributed by atoms with E-state index in [1.54, 1.807) is 4.90 Å². The number of likely N-dealkylation sites (tertiary alicyclic amines) is 1. The molecule has 0 radical (unpaired) electrons. The summed E-state index contributed by atoms with van der Waals surface area (Å²) in [6.07, 6.45) is 1.43. The maximum absolute atomic E-state index is 11.7. The molecule has 0 aromatic heterocycles. The van der Waals surface area contributed by atoms with Crippen LogP contribution >= 0.6 is 0 Å². The van der Waals surface area contributed by atoms with Crippen molar-refractivity contribution in [3.05, 3.63) is 0 Å². The van der Waals surface area contributed by atoms with Crippen molar-refractivity contribution >= 4 is 5.91 Å². The third kappa shape index (κ3) is 2.25. The topological polar surface area (TPSA) is 66.6 Å². The minimum absolute atomic E-state index is 0.0126. The summed E-state index contributed by atoms with van der Waals surface area (Å²) < 4.78 is 0. The minimum Gasteiger partial charge on any atom is -0.386 e. The molecule has 1 saturated heterocycles. The third-order valence-corrected chi connectivity index (χ3v) is 2.96. The average Bonchev–Trinajstić information content (AvgIpc) is 2.12. The molecule has 0 spiro atoms. The Balaban J connectivity index is 2.36. The summed E-state index contributed by atoms with van der Waals surface area (Å²) in [4.78, 5) is 13.4. The van der Waals surface area contributed by atoms with Crippen LogP contribution in [0, 0.1) is 5.92 Å². The van der Waals surface area contributed by atoms with Crippen LogP contribution in [-0.2, 0) is 4.79 Å². The van der Waals surface area contributed by atoms with Crippen molar-refractivity contribution in [2.24, 2.45) is 11.7 Å². The number of carbonyl (C=O) groups is 1. The number of amides is 1. The van der Waals surface area contributed by atoms with Crippen molar-refractivity contribution < 1.29 is 9.90 Å². The van der Waals surface area contributed by atoms with E-state index in [2.05, 4.69) is 0 Å². The monoisotopic (exact) mass is 200 g/mol. The van der Waals surface area contributed by atoms with Crippen molar-refractivity contribution in [3.63, 3.8) is 0 Å². The van der Waals surface area contributed by atoms with Crippen LogP contribution < -0.4 is 5.73 Å². The Morgan fingerprint density at radius 1 is 1.64 bits per heavy atom. The first-order valence-electron chi connectivity index (χ1n) is 5.23. The molecule has 1 atom stereocenters. The van der Waals surface area contributed by atoms with Crippen LogP contribution in [-0.4, -0.2) is 41.1 Å². The van der Waals surface area contributed by atoms with Gasteiger partial charge in [0.15, 0.2) is 0 Å². The highest BCUT2D eigenvalue weighted by atomic mass is 16.3. The van der Waals surface area contributed by atoms with Gasteiger partial charge in [-0.25, -0.2) is 0 Å². The summed E-state index contributed by atoms with van der Waals surface area (Å²) in [5.74, 6) is 0.106. The highest BCUT2D eigenvalue weighted by molar-refractivity contribution is 5.79. The quantitative estimate of drug-likeness (QED) is 0.669. The smallest absolute Gasteiger partial charge is 0.225 e. The summed E-state index contributed by atoms with van der Waals surface area (Å²) in [7, 11) is 0. The van der Waals surface area contributed by atoms with Crippen LogP contribution in [0.15, 0.2) is 0 Å². The molecule has 1 aliphatic rings. The molecule has 1 aliphatic heterocycles. The van der Waals surface area contributed by atoms with Gasteiger partial charge in [-0.2, -0.15) is 0 Å². The van der Waals surface area contributed by atoms with E-state index >= 15 is 0 Å². The normalized spacial score (nSPS) is 21.6. The number of hydrogen-bond acceptors (Lipinski definition) is 3. The SMILES string of the molecule is CCC1(O)CN(C(=O)C(C)CCN)C1. The Bertz CT molecular complexity index is 212. The lowest BCUT2D eigenvalue weighted by atomic mass is 9.89. The molecule has 0 aliphatic carbocycles. The van der Waals surface area contributed by atoms with Crippen LogP contribution in [0.1, 0.15) is 26.7 Å². The first-order valence-corrected chi connectivity index (χ1v) is 5.23. The first-order chi connectivity index (χ1) is 6.52. The van der Waals surface area contributed by atoms with E-state index in [9.17, 15) is 9.90 Å². The van der Waals surface area contributed by atoms with Gasteiger partial charge in [0.2, 0.25) is 5.91 Å². The van der Waals surface area contributed by atoms with Gasteiger partial charge in [0, 0.05) is 5.92 Å². The molecule has 82 valence electrons. The summed E-state index contributed by atoms with van der Waals surface area (Å²) in [6, 6.07) is 0. The van der Waals surface area contributed by atoms with E-state index in [-0.39, 0.29) is 11.8 Å². The van der Waals surface area contributed by atoms with Crippen molar-refractivity contribution in [2.75, 3.05) is 19.6 Å². The lowest BCUT2D eigenvalue weighted by molar-refractivity contribution is -0.159. The fourth-order valence-electron chi connectivity index (χ4n) is 1.73. The predicted octanol–water partition coefficient (Wildman–Crippen LogP) is -0.0454. The van der Waals surface area contributed by atoms with E-state index in [0.717, 1.165) is 6.42 Å². The molecule has 1 heterocycles. The summed E-state index contributed by atoms with van der Waals surface area (Å²) in [5.41, 5.74) is 4.76. The van der Waals surface area contributed by atoms with Crippen LogP contribution in [0.25, 0.3) is 0 Å². The van der Waals surface area contributed by atoms with Gasteiger partial charge >= 0.3 is 0 Å². The zero-order valence-electron chi connectivity index (χ0n) is 8.99. The van der Waals surface area contributed by atoms with Gasteiger partial charge in [-0.3, -0.25) is 4.79 Å². The Kier molecular flexibility index (Phi) is 3.50. The number of nitrogens with zero attached hydrogens (tertiary/aromatic N) is 1. The maximum Gasteiger partial charge on any atom is 0.225 e. The fourth-order valence-corrected chi connectivity index (χ4v) is 1.73. The van der Waals surface area contributed by atoms with Gasteiger partial charge in [-0.1, -0.05) is 13.8 Å². The largest absolute Gasteiger partial charge is 0.386 e. The molecule has 4 heteroatoms. The number of nitrogens with two attached hydrogens (primary N) is 1. The molecule has 14 heavy (non-hydrogen) atoms. The Hall–Kier alpha value is -0.610. The van der Waals surface area contributed by atoms with E-state index < -0.39 is 5.60 Å². The molecule has 1 amide bonds. The lowest BCUT2D eigenvalue weighted by Gasteiger charge is -2.47. The number of aliphatic hydroxyl groups is 1. The van der Waals surface area contributed by atoms with Gasteiger partial charge < -0.3 is 15.7 Å². The van der Waals surface area contributed by atoms with Gasteiger partial charge in [0.1, 0.15) is 0 Å². The fraction of sp³-hybridized carbons (Fsp3) is 0.900.